The number of ether oxygens (including phenoxy) is 1. The second kappa shape index (κ2) is 8.79. The van der Waals surface area contributed by atoms with E-state index in [1.54, 1.807) is 4.90 Å². The highest BCUT2D eigenvalue weighted by molar-refractivity contribution is 5.82. The molecule has 0 aromatic rings. The van der Waals surface area contributed by atoms with Gasteiger partial charge in [-0.05, 0) is 25.7 Å². The molecule has 1 aliphatic heterocycles. The minimum absolute atomic E-state index is 0.0731. The van der Waals surface area contributed by atoms with Crippen LogP contribution in [0.4, 0.5) is 4.79 Å². The quantitative estimate of drug-likeness (QED) is 0.748. The maximum absolute atomic E-state index is 12.1. The van der Waals surface area contributed by atoms with E-state index >= 15 is 0 Å². The van der Waals surface area contributed by atoms with Crippen molar-refractivity contribution >= 4 is 12.0 Å². The Kier molecular flexibility index (Phi) is 7.36. The number of piperidine rings is 1. The number of aliphatic carboxylic acids is 1. The molecule has 2 atom stereocenters. The lowest BCUT2D eigenvalue weighted by molar-refractivity contribution is -0.139. The molecule has 1 heterocycles. The normalized spacial score (nSPS) is 20.5. The topological polar surface area (TPSA) is 78.9 Å². The van der Waals surface area contributed by atoms with Crippen molar-refractivity contribution in [3.05, 3.63) is 0 Å². The number of carbonyl (C=O) groups is 2. The van der Waals surface area contributed by atoms with E-state index in [9.17, 15) is 9.59 Å². The van der Waals surface area contributed by atoms with Crippen LogP contribution in [-0.4, -0.2) is 53.8 Å². The molecule has 6 nitrogen and oxygen atoms in total. The van der Waals surface area contributed by atoms with E-state index < -0.39 is 12.0 Å². The van der Waals surface area contributed by atoms with Gasteiger partial charge < -0.3 is 20.1 Å². The molecule has 1 aliphatic rings. The van der Waals surface area contributed by atoms with Crippen LogP contribution < -0.4 is 5.32 Å². The monoisotopic (exact) mass is 286 g/mol. The summed E-state index contributed by atoms with van der Waals surface area (Å²) in [5, 5.41) is 11.7. The van der Waals surface area contributed by atoms with Crippen molar-refractivity contribution in [3.63, 3.8) is 0 Å². The van der Waals surface area contributed by atoms with E-state index in [2.05, 4.69) is 12.2 Å². The summed E-state index contributed by atoms with van der Waals surface area (Å²) in [5.74, 6) is -0.976. The Bertz CT molecular complexity index is 322. The average molecular weight is 286 g/mol. The maximum atomic E-state index is 12.1. The highest BCUT2D eigenvalue weighted by Gasteiger charge is 2.27. The lowest BCUT2D eigenvalue weighted by atomic mass is 10.1. The fraction of sp³-hybridized carbons (Fsp3) is 0.857. The van der Waals surface area contributed by atoms with Crippen molar-refractivity contribution in [3.8, 4) is 0 Å². The molecule has 0 aromatic heterocycles. The van der Waals surface area contributed by atoms with Gasteiger partial charge in [-0.15, -0.1) is 0 Å². The first-order valence-electron chi connectivity index (χ1n) is 7.48. The predicted molar refractivity (Wildman–Crippen MR) is 75.7 cm³/mol. The van der Waals surface area contributed by atoms with Gasteiger partial charge in [0.25, 0.3) is 0 Å². The van der Waals surface area contributed by atoms with Crippen molar-refractivity contribution < 1.29 is 19.4 Å². The number of urea groups is 1. The number of amides is 2. The Morgan fingerprint density at radius 1 is 1.40 bits per heavy atom. The van der Waals surface area contributed by atoms with Gasteiger partial charge in [-0.25, -0.2) is 9.59 Å². The third kappa shape index (κ3) is 5.36. The van der Waals surface area contributed by atoms with Crippen LogP contribution >= 0.6 is 0 Å². The summed E-state index contributed by atoms with van der Waals surface area (Å²) >= 11 is 0. The van der Waals surface area contributed by atoms with Crippen molar-refractivity contribution in [2.24, 2.45) is 0 Å². The largest absolute Gasteiger partial charge is 0.480 e. The first-order chi connectivity index (χ1) is 9.58. The first kappa shape index (κ1) is 16.8. The number of carbonyl (C=O) groups excluding carboxylic acids is 1. The number of likely N-dealkylation sites (tertiary alicyclic amines) is 1. The van der Waals surface area contributed by atoms with Crippen molar-refractivity contribution in [1.29, 1.82) is 0 Å². The number of nitrogens with one attached hydrogen (secondary N) is 1. The van der Waals surface area contributed by atoms with Crippen molar-refractivity contribution in [2.75, 3.05) is 19.7 Å². The molecule has 2 N–H and O–H groups in total. The van der Waals surface area contributed by atoms with Gasteiger partial charge in [0.1, 0.15) is 6.04 Å². The number of rotatable bonds is 7. The third-order valence-corrected chi connectivity index (χ3v) is 3.40. The first-order valence-corrected chi connectivity index (χ1v) is 7.48. The van der Waals surface area contributed by atoms with Gasteiger partial charge >= 0.3 is 12.0 Å². The van der Waals surface area contributed by atoms with Crippen molar-refractivity contribution in [2.45, 2.75) is 58.1 Å². The fourth-order valence-electron chi connectivity index (χ4n) is 2.33. The molecule has 20 heavy (non-hydrogen) atoms. The number of carboxylic acid groups (broad SMARTS) is 1. The molecule has 1 saturated heterocycles. The van der Waals surface area contributed by atoms with E-state index in [1.165, 1.54) is 0 Å². The second-order valence-corrected chi connectivity index (χ2v) is 5.21. The molecule has 0 bridgehead atoms. The molecule has 0 aliphatic carbocycles. The van der Waals surface area contributed by atoms with Gasteiger partial charge in [0.15, 0.2) is 0 Å². The Balaban J connectivity index is 2.46. The van der Waals surface area contributed by atoms with Gasteiger partial charge in [-0.3, -0.25) is 0 Å². The summed E-state index contributed by atoms with van der Waals surface area (Å²) in [5.41, 5.74) is 0. The standard InChI is InChI=1S/C14H26N2O4/c1-3-6-12(13(17)18)15-14(19)16-8-5-7-11(10-16)20-9-4-2/h11-12H,3-10H2,1-2H3,(H,15,19)(H,17,18)/t11?,12-/m0/s1. The Morgan fingerprint density at radius 2 is 2.15 bits per heavy atom. The van der Waals surface area contributed by atoms with Crippen LogP contribution in [-0.2, 0) is 9.53 Å². The van der Waals surface area contributed by atoms with Gasteiger partial charge in [-0.2, -0.15) is 0 Å². The predicted octanol–water partition coefficient (Wildman–Crippen LogP) is 1.84. The Morgan fingerprint density at radius 3 is 2.75 bits per heavy atom. The van der Waals surface area contributed by atoms with Gasteiger partial charge in [-0.1, -0.05) is 20.3 Å². The van der Waals surface area contributed by atoms with E-state index in [4.69, 9.17) is 9.84 Å². The van der Waals surface area contributed by atoms with Gasteiger partial charge in [0, 0.05) is 19.7 Å². The van der Waals surface area contributed by atoms with Crippen LogP contribution in [0.1, 0.15) is 46.0 Å². The minimum Gasteiger partial charge on any atom is -0.480 e. The molecular weight excluding hydrogens is 260 g/mol. The third-order valence-electron chi connectivity index (χ3n) is 3.40. The summed E-state index contributed by atoms with van der Waals surface area (Å²) in [7, 11) is 0. The average Bonchev–Trinajstić information content (AvgIpc) is 2.44. The molecule has 0 radical (unpaired) electrons. The number of hydrogen-bond acceptors (Lipinski definition) is 3. The summed E-state index contributed by atoms with van der Waals surface area (Å²) < 4.78 is 5.67. The molecule has 1 rings (SSSR count). The fourth-order valence-corrected chi connectivity index (χ4v) is 2.33. The molecule has 0 aromatic carbocycles. The molecule has 2 amide bonds. The highest BCUT2D eigenvalue weighted by atomic mass is 16.5. The van der Waals surface area contributed by atoms with Crippen LogP contribution in [0, 0.1) is 0 Å². The van der Waals surface area contributed by atoms with Crippen molar-refractivity contribution in [1.82, 2.24) is 10.2 Å². The van der Waals surface area contributed by atoms with Gasteiger partial charge in [0.2, 0.25) is 0 Å². The summed E-state index contributed by atoms with van der Waals surface area (Å²) in [4.78, 5) is 24.8. The summed E-state index contributed by atoms with van der Waals surface area (Å²) in [6, 6.07) is -1.10. The van der Waals surface area contributed by atoms with E-state index in [1.807, 2.05) is 6.92 Å². The Labute approximate surface area is 120 Å². The zero-order valence-electron chi connectivity index (χ0n) is 12.4. The zero-order valence-corrected chi connectivity index (χ0v) is 12.4. The number of nitrogens with zero attached hydrogens (tertiary/aromatic N) is 1. The number of hydrogen-bond donors (Lipinski definition) is 2. The molecule has 6 heteroatoms. The molecule has 0 spiro atoms. The van der Waals surface area contributed by atoms with Crippen LogP contribution in [0.3, 0.4) is 0 Å². The molecule has 1 unspecified atom stereocenters. The lowest BCUT2D eigenvalue weighted by Crippen LogP contribution is -2.52. The summed E-state index contributed by atoms with van der Waals surface area (Å²) in [6.45, 7) is 5.86. The molecule has 1 fully saturated rings. The minimum atomic E-state index is -0.976. The maximum Gasteiger partial charge on any atom is 0.326 e. The lowest BCUT2D eigenvalue weighted by Gasteiger charge is -2.33. The summed E-state index contributed by atoms with van der Waals surface area (Å²) in [6.07, 6.45) is 4.06. The van der Waals surface area contributed by atoms with E-state index in [0.717, 1.165) is 25.7 Å². The van der Waals surface area contributed by atoms with Crippen LogP contribution in [0.5, 0.6) is 0 Å². The highest BCUT2D eigenvalue weighted by Crippen LogP contribution is 2.14. The van der Waals surface area contributed by atoms with E-state index in [-0.39, 0.29) is 12.1 Å². The molecule has 0 saturated carbocycles. The van der Waals surface area contributed by atoms with Crippen LogP contribution in [0.2, 0.25) is 0 Å². The molecule has 116 valence electrons. The van der Waals surface area contributed by atoms with Gasteiger partial charge in [0.05, 0.1) is 6.10 Å². The Hall–Kier alpha value is -1.30. The zero-order chi connectivity index (χ0) is 15.0. The molecular formula is C14H26N2O4. The SMILES string of the molecule is CCCOC1CCCN(C(=O)N[C@@H](CCC)C(=O)O)C1. The van der Waals surface area contributed by atoms with E-state index in [0.29, 0.717) is 26.1 Å². The number of carboxylic acids is 1. The van der Waals surface area contributed by atoms with Crippen LogP contribution in [0.15, 0.2) is 0 Å². The smallest absolute Gasteiger partial charge is 0.326 e. The second-order valence-electron chi connectivity index (χ2n) is 5.21. The van der Waals surface area contributed by atoms with Crippen LogP contribution in [0.25, 0.3) is 0 Å².